The van der Waals surface area contributed by atoms with E-state index in [1.165, 1.54) is 31.5 Å². The summed E-state index contributed by atoms with van der Waals surface area (Å²) in [6.07, 6.45) is 3.79. The van der Waals surface area contributed by atoms with Gasteiger partial charge in [0, 0.05) is 6.54 Å². The summed E-state index contributed by atoms with van der Waals surface area (Å²) in [7, 11) is 0. The highest BCUT2D eigenvalue weighted by molar-refractivity contribution is 5.14. The van der Waals surface area contributed by atoms with E-state index in [2.05, 4.69) is 47.2 Å². The number of likely N-dealkylation sites (tertiary alicyclic amines) is 1. The minimum Gasteiger partial charge on any atom is -0.299 e. The molecular formula is C13H19N2. The van der Waals surface area contributed by atoms with Gasteiger partial charge in [-0.2, -0.15) is 0 Å². The second kappa shape index (κ2) is 5.89. The summed E-state index contributed by atoms with van der Waals surface area (Å²) in [6, 6.07) is 10.6. The number of hydrogen-bond donors (Lipinski definition) is 1. The van der Waals surface area contributed by atoms with E-state index in [4.69, 9.17) is 0 Å². The average molecular weight is 203 g/mol. The van der Waals surface area contributed by atoms with Crippen LogP contribution in [-0.4, -0.2) is 24.5 Å². The molecule has 15 heavy (non-hydrogen) atoms. The van der Waals surface area contributed by atoms with Gasteiger partial charge in [-0.05, 0) is 37.9 Å². The first-order chi connectivity index (χ1) is 7.45. The number of benzene rings is 1. The van der Waals surface area contributed by atoms with Crippen LogP contribution in [0.2, 0.25) is 0 Å². The molecule has 2 heteroatoms. The summed E-state index contributed by atoms with van der Waals surface area (Å²) in [5.41, 5.74) is 1.40. The second-order valence-corrected chi connectivity index (χ2v) is 4.06. The molecule has 0 aromatic heterocycles. The fourth-order valence-corrected chi connectivity index (χ4v) is 1.93. The normalized spacial score (nSPS) is 17.1. The topological polar surface area (TPSA) is 15.3 Å². The van der Waals surface area contributed by atoms with Gasteiger partial charge >= 0.3 is 0 Å². The molecule has 1 aromatic rings. The Hall–Kier alpha value is -0.860. The van der Waals surface area contributed by atoms with Crippen molar-refractivity contribution in [3.63, 3.8) is 0 Å². The van der Waals surface area contributed by atoms with Crippen LogP contribution in [0.15, 0.2) is 30.3 Å². The molecule has 0 unspecified atom stereocenters. The summed E-state index contributed by atoms with van der Waals surface area (Å²) in [5, 5.41) is 3.38. The third-order valence-electron chi connectivity index (χ3n) is 2.82. The zero-order valence-electron chi connectivity index (χ0n) is 9.15. The van der Waals surface area contributed by atoms with Crippen molar-refractivity contribution in [3.05, 3.63) is 42.6 Å². The van der Waals surface area contributed by atoms with Gasteiger partial charge in [-0.1, -0.05) is 30.3 Å². The van der Waals surface area contributed by atoms with Crippen molar-refractivity contribution in [2.75, 3.05) is 19.6 Å². The Morgan fingerprint density at radius 1 is 1.13 bits per heavy atom. The van der Waals surface area contributed by atoms with E-state index < -0.39 is 0 Å². The number of hydrogen-bond acceptors (Lipinski definition) is 2. The second-order valence-electron chi connectivity index (χ2n) is 4.06. The first kappa shape index (κ1) is 10.7. The first-order valence-corrected chi connectivity index (χ1v) is 5.80. The smallest absolute Gasteiger partial charge is 0.0894 e. The molecule has 2 nitrogen and oxygen atoms in total. The van der Waals surface area contributed by atoms with Crippen molar-refractivity contribution in [2.24, 2.45) is 0 Å². The van der Waals surface area contributed by atoms with Gasteiger partial charge in [-0.15, -0.1) is 0 Å². The highest BCUT2D eigenvalue weighted by Crippen LogP contribution is 2.07. The van der Waals surface area contributed by atoms with E-state index in [0.29, 0.717) is 0 Å². The highest BCUT2D eigenvalue weighted by atomic mass is 15.2. The monoisotopic (exact) mass is 203 g/mol. The third kappa shape index (κ3) is 3.65. The lowest BCUT2D eigenvalue weighted by Crippen LogP contribution is -2.27. The van der Waals surface area contributed by atoms with E-state index in [-0.39, 0.29) is 0 Å². The molecule has 0 atom stereocenters. The zero-order chi connectivity index (χ0) is 10.3. The molecule has 1 fully saturated rings. The Bertz CT molecular complexity index is 265. The van der Waals surface area contributed by atoms with Gasteiger partial charge < -0.3 is 0 Å². The molecule has 1 aromatic carbocycles. The van der Waals surface area contributed by atoms with E-state index in [1.807, 2.05) is 0 Å². The molecule has 1 heterocycles. The Balaban J connectivity index is 1.59. The number of nitrogens with one attached hydrogen (secondary N) is 1. The molecule has 1 saturated heterocycles. The molecule has 0 spiro atoms. The maximum atomic E-state index is 3.38. The Kier molecular flexibility index (Phi) is 4.18. The van der Waals surface area contributed by atoms with Crippen LogP contribution in [0.5, 0.6) is 0 Å². The molecule has 0 saturated carbocycles. The van der Waals surface area contributed by atoms with Gasteiger partial charge in [-0.3, -0.25) is 10.2 Å². The predicted octanol–water partition coefficient (Wildman–Crippen LogP) is 2.03. The number of rotatable bonds is 5. The summed E-state index contributed by atoms with van der Waals surface area (Å²) in [4.78, 5) is 2.37. The van der Waals surface area contributed by atoms with E-state index >= 15 is 0 Å². The fraction of sp³-hybridized carbons (Fsp3) is 0.462. The molecule has 2 rings (SSSR count). The summed E-state index contributed by atoms with van der Waals surface area (Å²) in [6.45, 7) is 5.62. The van der Waals surface area contributed by atoms with Gasteiger partial charge in [0.05, 0.1) is 6.67 Å². The van der Waals surface area contributed by atoms with Crippen LogP contribution in [0.25, 0.3) is 0 Å². The van der Waals surface area contributed by atoms with Crippen LogP contribution in [-0.2, 0) is 6.42 Å². The molecule has 1 radical (unpaired) electrons. The van der Waals surface area contributed by atoms with E-state index in [9.17, 15) is 0 Å². The van der Waals surface area contributed by atoms with Gasteiger partial charge in [-0.25, -0.2) is 0 Å². The maximum Gasteiger partial charge on any atom is 0.0894 e. The van der Waals surface area contributed by atoms with Gasteiger partial charge in [0.25, 0.3) is 0 Å². The van der Waals surface area contributed by atoms with Crippen LogP contribution in [0, 0.1) is 6.67 Å². The summed E-state index contributed by atoms with van der Waals surface area (Å²) >= 11 is 0. The predicted molar refractivity (Wildman–Crippen MR) is 63.3 cm³/mol. The molecule has 1 aliphatic heterocycles. The van der Waals surface area contributed by atoms with Crippen molar-refractivity contribution >= 4 is 0 Å². The Morgan fingerprint density at radius 3 is 2.60 bits per heavy atom. The maximum absolute atomic E-state index is 3.38. The van der Waals surface area contributed by atoms with Crippen LogP contribution >= 0.6 is 0 Å². The summed E-state index contributed by atoms with van der Waals surface area (Å²) in [5.74, 6) is 0. The van der Waals surface area contributed by atoms with Crippen LogP contribution < -0.4 is 5.32 Å². The van der Waals surface area contributed by atoms with Crippen molar-refractivity contribution in [3.8, 4) is 0 Å². The summed E-state index contributed by atoms with van der Waals surface area (Å²) < 4.78 is 0. The molecule has 1 N–H and O–H groups in total. The fourth-order valence-electron chi connectivity index (χ4n) is 1.93. The lowest BCUT2D eigenvalue weighted by Gasteiger charge is -2.14. The number of nitrogens with zero attached hydrogens (tertiary/aromatic N) is 1. The van der Waals surface area contributed by atoms with Crippen molar-refractivity contribution in [1.29, 1.82) is 0 Å². The molecule has 1 aliphatic rings. The third-order valence-corrected chi connectivity index (χ3v) is 2.82. The first-order valence-electron chi connectivity index (χ1n) is 5.80. The van der Waals surface area contributed by atoms with Gasteiger partial charge in [0.1, 0.15) is 0 Å². The van der Waals surface area contributed by atoms with Crippen molar-refractivity contribution in [2.45, 2.75) is 19.3 Å². The Labute approximate surface area is 92.3 Å². The molecule has 0 bridgehead atoms. The van der Waals surface area contributed by atoms with E-state index in [0.717, 1.165) is 13.0 Å². The SMILES string of the molecule is [CH](NCCc1ccccc1)N1CCCC1. The standard InChI is InChI=1S/C13H19N2/c1-2-6-13(7-3-1)8-9-14-12-15-10-4-5-11-15/h1-3,6-7,12,14H,4-5,8-11H2. The van der Waals surface area contributed by atoms with Crippen LogP contribution in [0.4, 0.5) is 0 Å². The average Bonchev–Trinajstić information content (AvgIpc) is 2.79. The molecule has 81 valence electrons. The van der Waals surface area contributed by atoms with Crippen LogP contribution in [0.3, 0.4) is 0 Å². The minimum absolute atomic E-state index is 1.03. The van der Waals surface area contributed by atoms with E-state index in [1.54, 1.807) is 0 Å². The quantitative estimate of drug-likeness (QED) is 0.737. The molecule has 0 amide bonds. The van der Waals surface area contributed by atoms with Crippen molar-refractivity contribution in [1.82, 2.24) is 10.2 Å². The lowest BCUT2D eigenvalue weighted by molar-refractivity contribution is 0.380. The molecule has 0 aliphatic carbocycles. The molecular weight excluding hydrogens is 184 g/mol. The minimum atomic E-state index is 1.03. The van der Waals surface area contributed by atoms with Crippen LogP contribution in [0.1, 0.15) is 18.4 Å². The van der Waals surface area contributed by atoms with Crippen molar-refractivity contribution < 1.29 is 0 Å². The highest BCUT2D eigenvalue weighted by Gasteiger charge is 2.10. The zero-order valence-corrected chi connectivity index (χ0v) is 9.15. The van der Waals surface area contributed by atoms with Gasteiger partial charge in [0.2, 0.25) is 0 Å². The largest absolute Gasteiger partial charge is 0.299 e. The Morgan fingerprint density at radius 2 is 1.87 bits per heavy atom. The van der Waals surface area contributed by atoms with Gasteiger partial charge in [0.15, 0.2) is 0 Å². The lowest BCUT2D eigenvalue weighted by atomic mass is 10.1.